The van der Waals surface area contributed by atoms with E-state index in [1.807, 2.05) is 37.3 Å². The Balaban J connectivity index is 1.91. The molecule has 2 aromatic carbocycles. The minimum atomic E-state index is -0.355. The molecule has 2 amide bonds. The highest BCUT2D eigenvalue weighted by molar-refractivity contribution is 5.94. The summed E-state index contributed by atoms with van der Waals surface area (Å²) in [5.41, 5.74) is 2.17. The number of aromatic nitrogens is 2. The lowest BCUT2D eigenvalue weighted by molar-refractivity contribution is -0.132. The Bertz CT molecular complexity index is 984. The second-order valence-corrected chi connectivity index (χ2v) is 6.66. The first kappa shape index (κ1) is 20.3. The number of hydrogen-bond acceptors (Lipinski definition) is 3. The van der Waals surface area contributed by atoms with Crippen molar-refractivity contribution in [3.63, 3.8) is 0 Å². The molecule has 0 unspecified atom stereocenters. The van der Waals surface area contributed by atoms with Gasteiger partial charge in [0.2, 0.25) is 11.8 Å². The fourth-order valence-corrected chi connectivity index (χ4v) is 2.97. The lowest BCUT2D eigenvalue weighted by Gasteiger charge is -2.19. The zero-order valence-electron chi connectivity index (χ0n) is 16.4. The fourth-order valence-electron chi connectivity index (χ4n) is 2.97. The van der Waals surface area contributed by atoms with Gasteiger partial charge in [-0.05, 0) is 30.7 Å². The quantitative estimate of drug-likeness (QED) is 0.661. The Kier molecular flexibility index (Phi) is 6.39. The maximum atomic E-state index is 13.3. The molecule has 7 heteroatoms. The second kappa shape index (κ2) is 9.14. The van der Waals surface area contributed by atoms with Gasteiger partial charge in [-0.1, -0.05) is 37.3 Å². The average molecular weight is 394 g/mol. The second-order valence-electron chi connectivity index (χ2n) is 6.66. The summed E-state index contributed by atoms with van der Waals surface area (Å²) >= 11 is 0. The molecule has 29 heavy (non-hydrogen) atoms. The first-order valence-electron chi connectivity index (χ1n) is 9.44. The molecule has 0 aliphatic carbocycles. The van der Waals surface area contributed by atoms with Gasteiger partial charge in [-0.15, -0.1) is 0 Å². The van der Waals surface area contributed by atoms with E-state index in [0.29, 0.717) is 23.7 Å². The molecule has 150 valence electrons. The third-order valence-electron chi connectivity index (χ3n) is 4.39. The first-order valence-corrected chi connectivity index (χ1v) is 9.44. The van der Waals surface area contributed by atoms with Crippen molar-refractivity contribution in [3.8, 4) is 16.9 Å². The summed E-state index contributed by atoms with van der Waals surface area (Å²) in [7, 11) is 0. The molecule has 0 radical (unpaired) electrons. The Morgan fingerprint density at radius 1 is 1.10 bits per heavy atom. The number of benzene rings is 2. The number of halogens is 1. The molecule has 0 spiro atoms. The van der Waals surface area contributed by atoms with Crippen LogP contribution in [-0.2, 0) is 9.59 Å². The number of nitrogens with one attached hydrogen (secondary N) is 1. The van der Waals surface area contributed by atoms with E-state index in [1.54, 1.807) is 22.9 Å². The molecule has 1 aromatic heterocycles. The molecule has 0 atom stereocenters. The van der Waals surface area contributed by atoms with E-state index in [1.165, 1.54) is 24.0 Å². The smallest absolute Gasteiger partial charge is 0.245 e. The molecule has 0 saturated heterocycles. The van der Waals surface area contributed by atoms with Crippen molar-refractivity contribution >= 4 is 17.6 Å². The Morgan fingerprint density at radius 2 is 1.79 bits per heavy atom. The maximum absolute atomic E-state index is 13.3. The van der Waals surface area contributed by atoms with Gasteiger partial charge in [-0.3, -0.25) is 9.59 Å². The van der Waals surface area contributed by atoms with E-state index in [9.17, 15) is 14.0 Å². The molecule has 1 heterocycles. The molecule has 0 bridgehead atoms. The van der Waals surface area contributed by atoms with Crippen LogP contribution in [-0.4, -0.2) is 39.6 Å². The molecule has 0 fully saturated rings. The van der Waals surface area contributed by atoms with Crippen LogP contribution in [0.5, 0.6) is 0 Å². The van der Waals surface area contributed by atoms with Crippen LogP contribution in [0.1, 0.15) is 20.3 Å². The molecule has 0 aliphatic rings. The van der Waals surface area contributed by atoms with Gasteiger partial charge in [0.1, 0.15) is 11.6 Å². The van der Waals surface area contributed by atoms with Crippen LogP contribution in [0.25, 0.3) is 16.9 Å². The fraction of sp³-hybridized carbons (Fsp3) is 0.227. The average Bonchev–Trinajstić information content (AvgIpc) is 3.12. The molecule has 0 aliphatic heterocycles. The third kappa shape index (κ3) is 5.07. The molecule has 3 aromatic rings. The molecule has 6 nitrogen and oxygen atoms in total. The van der Waals surface area contributed by atoms with Crippen LogP contribution in [0.15, 0.2) is 60.7 Å². The number of amides is 2. The molecule has 0 saturated carbocycles. The van der Waals surface area contributed by atoms with Crippen LogP contribution < -0.4 is 5.32 Å². The molecule has 1 N–H and O–H groups in total. The summed E-state index contributed by atoms with van der Waals surface area (Å²) in [5, 5.41) is 7.41. The summed E-state index contributed by atoms with van der Waals surface area (Å²) in [6.45, 7) is 3.86. The Hall–Kier alpha value is -3.48. The summed E-state index contributed by atoms with van der Waals surface area (Å²) in [6, 6.07) is 17.2. The zero-order chi connectivity index (χ0) is 20.8. The van der Waals surface area contributed by atoms with Crippen molar-refractivity contribution in [2.24, 2.45) is 0 Å². The highest BCUT2D eigenvalue weighted by Crippen LogP contribution is 2.25. The van der Waals surface area contributed by atoms with Gasteiger partial charge in [0, 0.05) is 25.1 Å². The predicted octanol–water partition coefficient (Wildman–Crippen LogP) is 3.88. The van der Waals surface area contributed by atoms with Gasteiger partial charge in [-0.2, -0.15) is 5.10 Å². The van der Waals surface area contributed by atoms with E-state index in [2.05, 4.69) is 10.4 Å². The largest absolute Gasteiger partial charge is 0.334 e. The van der Waals surface area contributed by atoms with Gasteiger partial charge in [0.15, 0.2) is 0 Å². The van der Waals surface area contributed by atoms with Crippen LogP contribution in [0.4, 0.5) is 10.2 Å². The van der Waals surface area contributed by atoms with Gasteiger partial charge >= 0.3 is 0 Å². The van der Waals surface area contributed by atoms with Crippen molar-refractivity contribution in [1.82, 2.24) is 14.7 Å². The number of carbonyl (C=O) groups is 2. The van der Waals surface area contributed by atoms with E-state index >= 15 is 0 Å². The van der Waals surface area contributed by atoms with Crippen molar-refractivity contribution in [1.29, 1.82) is 0 Å². The number of rotatable bonds is 7. The van der Waals surface area contributed by atoms with E-state index < -0.39 is 0 Å². The summed E-state index contributed by atoms with van der Waals surface area (Å²) < 4.78 is 14.9. The number of nitrogens with zero attached hydrogens (tertiary/aromatic N) is 3. The number of carbonyl (C=O) groups excluding carboxylic acids is 2. The van der Waals surface area contributed by atoms with Crippen molar-refractivity contribution in [2.45, 2.75) is 20.3 Å². The number of anilines is 1. The van der Waals surface area contributed by atoms with Crippen LogP contribution >= 0.6 is 0 Å². The van der Waals surface area contributed by atoms with Gasteiger partial charge in [-0.25, -0.2) is 9.07 Å². The van der Waals surface area contributed by atoms with Crippen molar-refractivity contribution in [3.05, 3.63) is 66.5 Å². The lowest BCUT2D eigenvalue weighted by atomic mass is 10.1. The first-order chi connectivity index (χ1) is 14.0. The SMILES string of the molecule is CCCN(CC(=O)Nc1cc(-c2ccccc2)nn1-c1ccc(F)cc1)C(C)=O. The summed E-state index contributed by atoms with van der Waals surface area (Å²) in [4.78, 5) is 25.8. The van der Waals surface area contributed by atoms with Gasteiger partial charge in [0.05, 0.1) is 17.9 Å². The molecular weight excluding hydrogens is 371 g/mol. The van der Waals surface area contributed by atoms with Gasteiger partial charge < -0.3 is 10.2 Å². The summed E-state index contributed by atoms with van der Waals surface area (Å²) in [6.07, 6.45) is 0.762. The van der Waals surface area contributed by atoms with E-state index in [4.69, 9.17) is 0 Å². The van der Waals surface area contributed by atoms with Crippen LogP contribution in [0, 0.1) is 5.82 Å². The zero-order valence-corrected chi connectivity index (χ0v) is 16.4. The van der Waals surface area contributed by atoms with Crippen molar-refractivity contribution in [2.75, 3.05) is 18.4 Å². The topological polar surface area (TPSA) is 67.2 Å². The molecular formula is C22H23FN4O2. The highest BCUT2D eigenvalue weighted by atomic mass is 19.1. The molecule has 3 rings (SSSR count). The van der Waals surface area contributed by atoms with Gasteiger partial charge in [0.25, 0.3) is 0 Å². The number of hydrogen-bond donors (Lipinski definition) is 1. The monoisotopic (exact) mass is 394 g/mol. The Labute approximate surface area is 169 Å². The third-order valence-corrected chi connectivity index (χ3v) is 4.39. The van der Waals surface area contributed by atoms with Crippen LogP contribution in [0.3, 0.4) is 0 Å². The minimum absolute atomic E-state index is 0.0432. The predicted molar refractivity (Wildman–Crippen MR) is 110 cm³/mol. The minimum Gasteiger partial charge on any atom is -0.334 e. The van der Waals surface area contributed by atoms with Crippen molar-refractivity contribution < 1.29 is 14.0 Å². The van der Waals surface area contributed by atoms with Crippen LogP contribution in [0.2, 0.25) is 0 Å². The summed E-state index contributed by atoms with van der Waals surface area (Å²) in [5.74, 6) is -0.387. The standard InChI is InChI=1S/C22H23FN4O2/c1-3-13-26(16(2)28)15-22(29)24-21-14-20(17-7-5-4-6-8-17)25-27(21)19-11-9-18(23)10-12-19/h4-12,14H,3,13,15H2,1-2H3,(H,24,29). The Morgan fingerprint density at radius 3 is 2.41 bits per heavy atom. The highest BCUT2D eigenvalue weighted by Gasteiger charge is 2.17. The lowest BCUT2D eigenvalue weighted by Crippen LogP contribution is -2.37. The normalized spacial score (nSPS) is 10.6. The van der Waals surface area contributed by atoms with E-state index in [-0.39, 0.29) is 24.2 Å². The maximum Gasteiger partial charge on any atom is 0.245 e. The van der Waals surface area contributed by atoms with E-state index in [0.717, 1.165) is 12.0 Å².